The van der Waals surface area contributed by atoms with E-state index in [1.807, 2.05) is 42.5 Å². The number of aromatic nitrogens is 2. The highest BCUT2D eigenvalue weighted by Crippen LogP contribution is 2.43. The lowest BCUT2D eigenvalue weighted by Gasteiger charge is -2.31. The molecule has 0 saturated carbocycles. The predicted molar refractivity (Wildman–Crippen MR) is 193 cm³/mol. The molecule has 49 heavy (non-hydrogen) atoms. The van der Waals surface area contributed by atoms with Gasteiger partial charge < -0.3 is 20.7 Å². The minimum absolute atomic E-state index is 0.0999. The van der Waals surface area contributed by atoms with Gasteiger partial charge in [0.2, 0.25) is 17.7 Å². The van der Waals surface area contributed by atoms with E-state index in [0.717, 1.165) is 72.3 Å². The van der Waals surface area contributed by atoms with E-state index in [9.17, 15) is 9.59 Å². The van der Waals surface area contributed by atoms with Gasteiger partial charge in [-0.2, -0.15) is 0 Å². The number of nitrogens with one attached hydrogen (secondary N) is 3. The third-order valence-electron chi connectivity index (χ3n) is 9.58. The average Bonchev–Trinajstić information content (AvgIpc) is 3.72. The molecule has 12 heteroatoms. The van der Waals surface area contributed by atoms with Crippen molar-refractivity contribution >= 4 is 46.6 Å². The van der Waals surface area contributed by atoms with Gasteiger partial charge in [0.05, 0.1) is 28.5 Å². The minimum Gasteiger partial charge on any atom is -0.481 e. The maximum Gasteiger partial charge on any atom is 0.220 e. The van der Waals surface area contributed by atoms with E-state index in [-0.39, 0.29) is 23.9 Å². The number of benzene rings is 2. The molecular weight excluding hydrogens is 683 g/mol. The van der Waals surface area contributed by atoms with Gasteiger partial charge in [-0.05, 0) is 54.7 Å². The molecule has 0 radical (unpaired) electrons. The Morgan fingerprint density at radius 1 is 0.918 bits per heavy atom. The molecule has 2 fully saturated rings. The quantitative estimate of drug-likeness (QED) is 0.173. The first-order chi connectivity index (χ1) is 23.8. The predicted octanol–water partition coefficient (Wildman–Crippen LogP) is 6.45. The number of amides is 2. The first kappa shape index (κ1) is 33.8. The van der Waals surface area contributed by atoms with Crippen molar-refractivity contribution in [2.75, 3.05) is 26.7 Å². The van der Waals surface area contributed by atoms with Gasteiger partial charge in [0.15, 0.2) is 0 Å². The first-order valence-corrected chi connectivity index (χ1v) is 17.7. The molecule has 5 heterocycles. The molecule has 3 N–H and O–H groups in total. The molecule has 0 spiro atoms. The number of fused-ring (bicyclic) bond motifs is 1. The van der Waals surface area contributed by atoms with Gasteiger partial charge in [0.1, 0.15) is 0 Å². The zero-order chi connectivity index (χ0) is 34.1. The van der Waals surface area contributed by atoms with Crippen molar-refractivity contribution in [2.45, 2.75) is 57.3 Å². The summed E-state index contributed by atoms with van der Waals surface area (Å²) in [5.74, 6) is 0.736. The summed E-state index contributed by atoms with van der Waals surface area (Å²) in [5, 5.41) is 11.1. The third kappa shape index (κ3) is 7.28. The second-order valence-electron chi connectivity index (χ2n) is 12.9. The highest BCUT2D eigenvalue weighted by molar-refractivity contribution is 6.39. The highest BCUT2D eigenvalue weighted by atomic mass is 35.5. The van der Waals surface area contributed by atoms with Gasteiger partial charge in [-0.1, -0.05) is 59.1 Å². The van der Waals surface area contributed by atoms with E-state index in [2.05, 4.69) is 31.9 Å². The second-order valence-corrected chi connectivity index (χ2v) is 14.0. The lowest BCUT2D eigenvalue weighted by Crippen LogP contribution is -2.41. The van der Waals surface area contributed by atoms with Gasteiger partial charge in [-0.15, -0.1) is 0 Å². The Bertz CT molecular complexity index is 1920. The summed E-state index contributed by atoms with van der Waals surface area (Å²) in [6, 6.07) is 16.0. The van der Waals surface area contributed by atoms with Crippen molar-refractivity contribution in [3.63, 3.8) is 0 Å². The van der Waals surface area contributed by atoms with Crippen molar-refractivity contribution in [1.82, 2.24) is 30.8 Å². The van der Waals surface area contributed by atoms with Crippen LogP contribution in [0.2, 0.25) is 15.1 Å². The Kier molecular flexibility index (Phi) is 10.1. The maximum absolute atomic E-state index is 11.7. The molecule has 2 saturated heterocycles. The number of carbonyl (C=O) groups is 2. The molecule has 0 bridgehead atoms. The Hall–Kier alpha value is -3.73. The lowest BCUT2D eigenvalue weighted by molar-refractivity contribution is -0.120. The van der Waals surface area contributed by atoms with Crippen molar-refractivity contribution < 1.29 is 14.3 Å². The number of halogens is 3. The summed E-state index contributed by atoms with van der Waals surface area (Å²) in [6.45, 7) is 3.68. The molecule has 2 aromatic carbocycles. The largest absolute Gasteiger partial charge is 0.481 e. The van der Waals surface area contributed by atoms with Crippen molar-refractivity contribution in [3.05, 3.63) is 86.5 Å². The topological polar surface area (TPSA) is 108 Å². The fourth-order valence-electron chi connectivity index (χ4n) is 7.03. The molecular formula is C37H37Cl3N6O3. The maximum atomic E-state index is 11.7. The molecule has 2 atom stereocenters. The summed E-state index contributed by atoms with van der Waals surface area (Å²) in [5.41, 5.74) is 7.62. The van der Waals surface area contributed by atoms with Crippen LogP contribution in [0.1, 0.15) is 42.4 Å². The molecule has 254 valence electrons. The zero-order valence-electron chi connectivity index (χ0n) is 27.1. The van der Waals surface area contributed by atoms with Crippen LogP contribution in [0.15, 0.2) is 54.7 Å². The number of ether oxygens (including phenoxy) is 1. The summed E-state index contributed by atoms with van der Waals surface area (Å²) in [6.07, 6.45) is 5.47. The fraction of sp³-hybridized carbons (Fsp3) is 0.351. The summed E-state index contributed by atoms with van der Waals surface area (Å²) in [4.78, 5) is 35.0. The molecule has 4 aromatic rings. The average molecular weight is 720 g/mol. The molecule has 0 unspecified atom stereocenters. The van der Waals surface area contributed by atoms with Gasteiger partial charge in [-0.3, -0.25) is 19.5 Å². The number of pyridine rings is 2. The zero-order valence-corrected chi connectivity index (χ0v) is 29.4. The van der Waals surface area contributed by atoms with Crippen molar-refractivity contribution in [3.8, 4) is 39.5 Å². The molecule has 7 rings (SSSR count). The van der Waals surface area contributed by atoms with E-state index < -0.39 is 0 Å². The molecule has 0 aliphatic carbocycles. The first-order valence-electron chi connectivity index (χ1n) is 16.6. The van der Waals surface area contributed by atoms with Crippen LogP contribution in [0.3, 0.4) is 0 Å². The number of hydrogen-bond acceptors (Lipinski definition) is 7. The van der Waals surface area contributed by atoms with Crippen LogP contribution in [-0.2, 0) is 29.1 Å². The molecule has 9 nitrogen and oxygen atoms in total. The smallest absolute Gasteiger partial charge is 0.220 e. The van der Waals surface area contributed by atoms with Crippen LogP contribution in [-0.4, -0.2) is 65.5 Å². The number of methoxy groups -OCH3 is 1. The standard InChI is InChI=1S/C37H37Cl3N6O3/c1-49-37-22(17-41-18-24-6-9-32(47)43-24)5-8-31(45-37)28-4-2-3-26(34(28)39)27-11-13-42-36(35(27)40)23-15-21-12-14-46(20-29(21)30(38)16-23)19-25-7-10-33(48)44-25/h2-5,8,11,13,15-16,24-25,41H,6-7,9-10,12,14,17-20H2,1H3,(H,43,47)(H,44,48)/t24-,25-/m1/s1. The number of nitrogens with zero attached hydrogens (tertiary/aromatic N) is 3. The van der Waals surface area contributed by atoms with Crippen LogP contribution in [0.5, 0.6) is 5.88 Å². The van der Waals surface area contributed by atoms with E-state index in [1.165, 1.54) is 5.56 Å². The number of hydrogen-bond donors (Lipinski definition) is 3. The number of carbonyl (C=O) groups excluding carboxylic acids is 2. The Morgan fingerprint density at radius 3 is 2.43 bits per heavy atom. The van der Waals surface area contributed by atoms with Crippen molar-refractivity contribution in [2.24, 2.45) is 0 Å². The number of rotatable bonds is 10. The minimum atomic E-state index is 0.0999. The van der Waals surface area contributed by atoms with E-state index in [4.69, 9.17) is 44.5 Å². The van der Waals surface area contributed by atoms with Gasteiger partial charge in [-0.25, -0.2) is 4.98 Å². The molecule has 3 aliphatic heterocycles. The summed E-state index contributed by atoms with van der Waals surface area (Å²) < 4.78 is 5.65. The SMILES string of the molecule is COc1nc(-c2cccc(-c3ccnc(-c4cc(Cl)c5c(c4)CCN(C[C@H]4CCC(=O)N4)C5)c3Cl)c2Cl)ccc1CNC[C@H]1CCC(=O)N1. The van der Waals surface area contributed by atoms with Crippen LogP contribution in [0.25, 0.3) is 33.6 Å². The highest BCUT2D eigenvalue weighted by Gasteiger charge is 2.27. The van der Waals surface area contributed by atoms with E-state index in [0.29, 0.717) is 58.3 Å². The second kappa shape index (κ2) is 14.6. The van der Waals surface area contributed by atoms with Gasteiger partial charge >= 0.3 is 0 Å². The van der Waals surface area contributed by atoms with Crippen LogP contribution in [0, 0.1) is 0 Å². The van der Waals surface area contributed by atoms with Gasteiger partial charge in [0.25, 0.3) is 0 Å². The molecule has 3 aliphatic rings. The normalized spacial score (nSPS) is 19.1. The summed E-state index contributed by atoms with van der Waals surface area (Å²) >= 11 is 21.1. The van der Waals surface area contributed by atoms with E-state index in [1.54, 1.807) is 13.3 Å². The van der Waals surface area contributed by atoms with E-state index >= 15 is 0 Å². The van der Waals surface area contributed by atoms with Gasteiger partial charge in [0, 0.05) is 96.7 Å². The summed E-state index contributed by atoms with van der Waals surface area (Å²) in [7, 11) is 1.60. The van der Waals surface area contributed by atoms with Crippen LogP contribution in [0.4, 0.5) is 0 Å². The Labute approximate surface area is 300 Å². The fourth-order valence-corrected chi connectivity index (χ4v) is 7.97. The van der Waals surface area contributed by atoms with Crippen molar-refractivity contribution in [1.29, 1.82) is 0 Å². The van der Waals surface area contributed by atoms with Crippen LogP contribution >= 0.6 is 34.8 Å². The van der Waals surface area contributed by atoms with Crippen LogP contribution < -0.4 is 20.7 Å². The monoisotopic (exact) mass is 718 g/mol. The molecule has 2 aromatic heterocycles. The Morgan fingerprint density at radius 2 is 1.67 bits per heavy atom. The lowest BCUT2D eigenvalue weighted by atomic mass is 9.94. The molecule has 2 amide bonds. The Balaban J connectivity index is 1.11. The third-order valence-corrected chi connectivity index (χ3v) is 10.7.